The first-order valence-electron chi connectivity index (χ1n) is 6.61. The molecule has 0 aromatic carbocycles. The normalized spacial score (nSPS) is 16.9. The van der Waals surface area contributed by atoms with Crippen molar-refractivity contribution in [1.29, 1.82) is 0 Å². The lowest BCUT2D eigenvalue weighted by molar-refractivity contribution is 0.354. The topological polar surface area (TPSA) is 38.9 Å². The van der Waals surface area contributed by atoms with Crippen molar-refractivity contribution in [2.75, 3.05) is 0 Å². The summed E-state index contributed by atoms with van der Waals surface area (Å²) in [5.41, 5.74) is 8.42. The summed E-state index contributed by atoms with van der Waals surface area (Å²) in [6, 6.07) is 6.54. The van der Waals surface area contributed by atoms with E-state index in [-0.39, 0.29) is 6.04 Å². The standard InChI is InChI=1S/C15H26N2/c1-10(2)14(16)9-11(3)13(5)15-8-6-7-12(4)17-15/h6-8,10-11,13-14H,9,16H2,1-5H3/t11-,13+,14?/m0/s1. The summed E-state index contributed by atoms with van der Waals surface area (Å²) < 4.78 is 0. The van der Waals surface area contributed by atoms with Gasteiger partial charge in [0.05, 0.1) is 0 Å². The monoisotopic (exact) mass is 234 g/mol. The van der Waals surface area contributed by atoms with E-state index in [0.29, 0.717) is 17.8 Å². The Kier molecular flexibility index (Phi) is 5.13. The van der Waals surface area contributed by atoms with Gasteiger partial charge in [0.25, 0.3) is 0 Å². The molecule has 2 heteroatoms. The highest BCUT2D eigenvalue weighted by Gasteiger charge is 2.19. The van der Waals surface area contributed by atoms with E-state index in [9.17, 15) is 0 Å². The number of nitrogens with zero attached hydrogens (tertiary/aromatic N) is 1. The average Bonchev–Trinajstić information content (AvgIpc) is 2.27. The molecule has 0 aliphatic heterocycles. The Morgan fingerprint density at radius 3 is 2.35 bits per heavy atom. The molecule has 0 aliphatic rings. The SMILES string of the molecule is Cc1cccc([C@H](C)[C@@H](C)CC(N)C(C)C)n1. The second-order valence-corrected chi connectivity index (χ2v) is 5.61. The van der Waals surface area contributed by atoms with Crippen LogP contribution < -0.4 is 5.73 Å². The molecule has 1 heterocycles. The summed E-state index contributed by atoms with van der Waals surface area (Å²) >= 11 is 0. The molecule has 0 radical (unpaired) electrons. The van der Waals surface area contributed by atoms with E-state index in [4.69, 9.17) is 5.73 Å². The van der Waals surface area contributed by atoms with Gasteiger partial charge in [0.1, 0.15) is 0 Å². The predicted molar refractivity (Wildman–Crippen MR) is 74.0 cm³/mol. The van der Waals surface area contributed by atoms with Gasteiger partial charge in [-0.2, -0.15) is 0 Å². The van der Waals surface area contributed by atoms with Gasteiger partial charge in [0.2, 0.25) is 0 Å². The van der Waals surface area contributed by atoms with Crippen LogP contribution in [0.4, 0.5) is 0 Å². The number of hydrogen-bond donors (Lipinski definition) is 1. The molecule has 0 spiro atoms. The molecule has 1 aromatic rings. The van der Waals surface area contributed by atoms with Gasteiger partial charge in [-0.05, 0) is 37.3 Å². The molecule has 96 valence electrons. The van der Waals surface area contributed by atoms with Gasteiger partial charge in [0.15, 0.2) is 0 Å². The summed E-state index contributed by atoms with van der Waals surface area (Å²) in [5.74, 6) is 1.59. The third kappa shape index (κ3) is 4.12. The van der Waals surface area contributed by atoms with Crippen LogP contribution in [0.25, 0.3) is 0 Å². The number of aromatic nitrogens is 1. The Morgan fingerprint density at radius 2 is 1.82 bits per heavy atom. The van der Waals surface area contributed by atoms with Crippen LogP contribution in [0.2, 0.25) is 0 Å². The summed E-state index contributed by atoms with van der Waals surface area (Å²) in [6.07, 6.45) is 1.06. The Labute approximate surface area is 106 Å². The Hall–Kier alpha value is -0.890. The van der Waals surface area contributed by atoms with Crippen molar-refractivity contribution in [2.45, 2.75) is 53.0 Å². The minimum atomic E-state index is 0.289. The maximum absolute atomic E-state index is 6.14. The van der Waals surface area contributed by atoms with Crippen LogP contribution in [-0.4, -0.2) is 11.0 Å². The molecule has 0 fully saturated rings. The maximum Gasteiger partial charge on any atom is 0.0437 e. The zero-order chi connectivity index (χ0) is 13.0. The number of pyridine rings is 1. The van der Waals surface area contributed by atoms with Gasteiger partial charge in [-0.25, -0.2) is 0 Å². The number of aryl methyl sites for hydroxylation is 1. The Morgan fingerprint density at radius 1 is 1.18 bits per heavy atom. The number of nitrogens with two attached hydrogens (primary N) is 1. The van der Waals surface area contributed by atoms with Gasteiger partial charge < -0.3 is 5.73 Å². The minimum absolute atomic E-state index is 0.289. The highest BCUT2D eigenvalue weighted by Crippen LogP contribution is 2.27. The first-order valence-corrected chi connectivity index (χ1v) is 6.61. The van der Waals surface area contributed by atoms with Gasteiger partial charge in [0, 0.05) is 23.3 Å². The predicted octanol–water partition coefficient (Wildman–Crippen LogP) is 3.50. The zero-order valence-electron chi connectivity index (χ0n) is 11.8. The average molecular weight is 234 g/mol. The van der Waals surface area contributed by atoms with Gasteiger partial charge in [-0.3, -0.25) is 4.98 Å². The molecule has 0 saturated heterocycles. The van der Waals surface area contributed by atoms with E-state index in [1.54, 1.807) is 0 Å². The van der Waals surface area contributed by atoms with Crippen molar-refractivity contribution in [3.8, 4) is 0 Å². The largest absolute Gasteiger partial charge is 0.327 e. The van der Waals surface area contributed by atoms with E-state index < -0.39 is 0 Å². The van der Waals surface area contributed by atoms with Crippen LogP contribution in [0.15, 0.2) is 18.2 Å². The lowest BCUT2D eigenvalue weighted by Crippen LogP contribution is -2.29. The van der Waals surface area contributed by atoms with Crippen molar-refractivity contribution in [2.24, 2.45) is 17.6 Å². The van der Waals surface area contributed by atoms with Crippen molar-refractivity contribution < 1.29 is 0 Å². The summed E-state index contributed by atoms with van der Waals surface area (Å²) in [6.45, 7) is 10.9. The second-order valence-electron chi connectivity index (χ2n) is 5.61. The van der Waals surface area contributed by atoms with Crippen molar-refractivity contribution >= 4 is 0 Å². The molecule has 1 aromatic heterocycles. The molecule has 0 aliphatic carbocycles. The lowest BCUT2D eigenvalue weighted by Gasteiger charge is -2.25. The Balaban J connectivity index is 2.66. The fourth-order valence-electron chi connectivity index (χ4n) is 2.01. The van der Waals surface area contributed by atoms with E-state index >= 15 is 0 Å². The molecule has 2 nitrogen and oxygen atoms in total. The second kappa shape index (κ2) is 6.15. The van der Waals surface area contributed by atoms with Crippen LogP contribution in [0.1, 0.15) is 51.4 Å². The van der Waals surface area contributed by atoms with Crippen LogP contribution in [-0.2, 0) is 0 Å². The molecule has 17 heavy (non-hydrogen) atoms. The smallest absolute Gasteiger partial charge is 0.0437 e. The first-order chi connectivity index (χ1) is 7.91. The highest BCUT2D eigenvalue weighted by atomic mass is 14.7. The number of hydrogen-bond acceptors (Lipinski definition) is 2. The van der Waals surface area contributed by atoms with Crippen LogP contribution in [0.3, 0.4) is 0 Å². The van der Waals surface area contributed by atoms with Crippen molar-refractivity contribution in [3.63, 3.8) is 0 Å². The summed E-state index contributed by atoms with van der Waals surface area (Å²) in [4.78, 5) is 4.61. The molecular weight excluding hydrogens is 208 g/mol. The molecule has 1 rings (SSSR count). The first kappa shape index (κ1) is 14.2. The zero-order valence-corrected chi connectivity index (χ0v) is 11.8. The third-order valence-electron chi connectivity index (χ3n) is 3.73. The van der Waals surface area contributed by atoms with Crippen LogP contribution in [0.5, 0.6) is 0 Å². The van der Waals surface area contributed by atoms with Gasteiger partial charge in [-0.15, -0.1) is 0 Å². The molecule has 3 atom stereocenters. The highest BCUT2D eigenvalue weighted by molar-refractivity contribution is 5.14. The minimum Gasteiger partial charge on any atom is -0.327 e. The Bertz CT molecular complexity index is 347. The van der Waals surface area contributed by atoms with E-state index in [2.05, 4.69) is 44.8 Å². The number of rotatable bonds is 5. The molecular formula is C15H26N2. The molecule has 2 N–H and O–H groups in total. The summed E-state index contributed by atoms with van der Waals surface area (Å²) in [7, 11) is 0. The van der Waals surface area contributed by atoms with E-state index in [0.717, 1.165) is 12.1 Å². The fraction of sp³-hybridized carbons (Fsp3) is 0.667. The molecule has 0 saturated carbocycles. The van der Waals surface area contributed by atoms with Gasteiger partial charge in [-0.1, -0.05) is 33.8 Å². The maximum atomic E-state index is 6.14. The van der Waals surface area contributed by atoms with Crippen molar-refractivity contribution in [1.82, 2.24) is 4.98 Å². The van der Waals surface area contributed by atoms with Crippen LogP contribution >= 0.6 is 0 Å². The fourth-order valence-corrected chi connectivity index (χ4v) is 2.01. The lowest BCUT2D eigenvalue weighted by atomic mass is 9.84. The molecule has 0 bridgehead atoms. The molecule has 1 unspecified atom stereocenters. The summed E-state index contributed by atoms with van der Waals surface area (Å²) in [5, 5.41) is 0. The third-order valence-corrected chi connectivity index (χ3v) is 3.73. The van der Waals surface area contributed by atoms with E-state index in [1.807, 2.05) is 13.0 Å². The van der Waals surface area contributed by atoms with Gasteiger partial charge >= 0.3 is 0 Å². The van der Waals surface area contributed by atoms with Crippen LogP contribution in [0, 0.1) is 18.8 Å². The quantitative estimate of drug-likeness (QED) is 0.847. The van der Waals surface area contributed by atoms with E-state index in [1.165, 1.54) is 5.69 Å². The molecule has 0 amide bonds. The van der Waals surface area contributed by atoms with Crippen molar-refractivity contribution in [3.05, 3.63) is 29.6 Å².